The Morgan fingerprint density at radius 2 is 1.90 bits per heavy atom. The Morgan fingerprint density at radius 1 is 1.13 bits per heavy atom. The number of halogens is 2. The number of aromatic amines is 1. The van der Waals surface area contributed by atoms with Crippen molar-refractivity contribution in [3.8, 4) is 11.1 Å². The second kappa shape index (κ2) is 6.57. The average Bonchev–Trinajstić information content (AvgIpc) is 3.35. The molecule has 154 valence electrons. The van der Waals surface area contributed by atoms with Crippen LogP contribution in [-0.2, 0) is 7.05 Å². The number of H-pyrrole nitrogens is 1. The van der Waals surface area contributed by atoms with Crippen LogP contribution in [0.4, 0.5) is 5.82 Å². The molecule has 3 aromatic heterocycles. The first-order valence-electron chi connectivity index (χ1n) is 10.2. The molecule has 0 saturated carbocycles. The maximum atomic E-state index is 6.75. The van der Waals surface area contributed by atoms with Crippen molar-refractivity contribution in [3.63, 3.8) is 0 Å². The molecule has 5 heterocycles. The Hall–Kier alpha value is -2.35. The number of piperidine rings is 1. The van der Waals surface area contributed by atoms with Gasteiger partial charge in [0.25, 0.3) is 0 Å². The largest absolute Gasteiger partial charge is 0.349 e. The molecule has 0 spiro atoms. The zero-order chi connectivity index (χ0) is 20.6. The molecule has 1 aromatic carbocycles. The van der Waals surface area contributed by atoms with Crippen LogP contribution >= 0.6 is 23.2 Å². The molecule has 3 atom stereocenters. The van der Waals surface area contributed by atoms with E-state index in [2.05, 4.69) is 15.0 Å². The SMILES string of the molecule is Cn1nc2ccc(-c3c[nH]c4nc(N5[C@@H]6CC[C@H]5CC(N)C6)cnc34)c(Cl)c2c1Cl. The lowest BCUT2D eigenvalue weighted by molar-refractivity contribution is 0.412. The Morgan fingerprint density at radius 3 is 2.67 bits per heavy atom. The minimum Gasteiger partial charge on any atom is -0.349 e. The molecule has 4 aromatic rings. The van der Waals surface area contributed by atoms with E-state index in [1.165, 1.54) is 12.8 Å². The van der Waals surface area contributed by atoms with E-state index in [1.807, 2.05) is 24.5 Å². The van der Waals surface area contributed by atoms with Gasteiger partial charge in [-0.3, -0.25) is 4.68 Å². The third-order valence-corrected chi connectivity index (χ3v) is 7.39. The van der Waals surface area contributed by atoms with Gasteiger partial charge in [-0.15, -0.1) is 0 Å². The van der Waals surface area contributed by atoms with Crippen LogP contribution in [0.1, 0.15) is 25.7 Å². The van der Waals surface area contributed by atoms with E-state index >= 15 is 0 Å². The molecule has 2 saturated heterocycles. The molecule has 0 aliphatic carbocycles. The fourth-order valence-electron chi connectivity index (χ4n) is 5.23. The van der Waals surface area contributed by atoms with Gasteiger partial charge in [0.1, 0.15) is 16.5 Å². The minimum atomic E-state index is 0.295. The summed E-state index contributed by atoms with van der Waals surface area (Å²) in [7, 11) is 1.80. The Labute approximate surface area is 183 Å². The van der Waals surface area contributed by atoms with Crippen molar-refractivity contribution in [2.45, 2.75) is 43.8 Å². The van der Waals surface area contributed by atoms with E-state index in [1.54, 1.807) is 11.7 Å². The fourth-order valence-corrected chi connectivity index (χ4v) is 5.86. The number of hydrogen-bond acceptors (Lipinski definition) is 5. The highest BCUT2D eigenvalue weighted by molar-refractivity contribution is 6.43. The quantitative estimate of drug-likeness (QED) is 0.484. The number of aromatic nitrogens is 5. The summed E-state index contributed by atoms with van der Waals surface area (Å²) in [5.41, 5.74) is 10.3. The monoisotopic (exact) mass is 441 g/mol. The lowest BCUT2D eigenvalue weighted by Gasteiger charge is -2.38. The summed E-state index contributed by atoms with van der Waals surface area (Å²) in [6, 6.07) is 5.11. The first kappa shape index (κ1) is 18.4. The molecule has 6 rings (SSSR count). The van der Waals surface area contributed by atoms with E-state index < -0.39 is 0 Å². The highest BCUT2D eigenvalue weighted by Crippen LogP contribution is 2.41. The van der Waals surface area contributed by atoms with Crippen LogP contribution in [0, 0.1) is 0 Å². The van der Waals surface area contributed by atoms with E-state index in [-0.39, 0.29) is 0 Å². The summed E-state index contributed by atoms with van der Waals surface area (Å²) in [5, 5.41) is 6.23. The van der Waals surface area contributed by atoms with E-state index in [4.69, 9.17) is 38.9 Å². The summed E-state index contributed by atoms with van der Waals surface area (Å²) < 4.78 is 1.63. The Kier molecular flexibility index (Phi) is 4.04. The number of benzene rings is 1. The summed E-state index contributed by atoms with van der Waals surface area (Å²) in [5.74, 6) is 0.923. The fraction of sp³-hybridized carbons (Fsp3) is 0.381. The highest BCUT2D eigenvalue weighted by Gasteiger charge is 2.40. The summed E-state index contributed by atoms with van der Waals surface area (Å²) in [6.45, 7) is 0. The lowest BCUT2D eigenvalue weighted by atomic mass is 9.98. The molecule has 2 aliphatic rings. The van der Waals surface area contributed by atoms with Gasteiger partial charge < -0.3 is 15.6 Å². The van der Waals surface area contributed by atoms with Crippen LogP contribution in [-0.4, -0.2) is 42.9 Å². The van der Waals surface area contributed by atoms with Crippen LogP contribution in [0.5, 0.6) is 0 Å². The topological polar surface area (TPSA) is 88.7 Å². The minimum absolute atomic E-state index is 0.295. The predicted octanol–water partition coefficient (Wildman–Crippen LogP) is 4.28. The Balaban J connectivity index is 1.44. The number of nitrogens with zero attached hydrogens (tertiary/aromatic N) is 5. The second-order valence-electron chi connectivity index (χ2n) is 8.39. The normalized spacial score (nSPS) is 23.7. The molecule has 7 nitrogen and oxygen atoms in total. The number of rotatable bonds is 2. The van der Waals surface area contributed by atoms with Gasteiger partial charge in [0.15, 0.2) is 5.65 Å². The van der Waals surface area contributed by atoms with Gasteiger partial charge in [-0.25, -0.2) is 9.97 Å². The van der Waals surface area contributed by atoms with Crippen molar-refractivity contribution in [1.82, 2.24) is 24.7 Å². The van der Waals surface area contributed by atoms with Crippen LogP contribution < -0.4 is 10.6 Å². The molecule has 2 fully saturated rings. The molecule has 30 heavy (non-hydrogen) atoms. The van der Waals surface area contributed by atoms with Gasteiger partial charge in [-0.2, -0.15) is 5.10 Å². The van der Waals surface area contributed by atoms with Gasteiger partial charge >= 0.3 is 0 Å². The number of nitrogens with two attached hydrogens (primary N) is 1. The number of anilines is 1. The zero-order valence-electron chi connectivity index (χ0n) is 16.4. The number of aryl methyl sites for hydroxylation is 1. The van der Waals surface area contributed by atoms with E-state index in [0.29, 0.717) is 28.3 Å². The first-order chi connectivity index (χ1) is 14.5. The number of nitrogens with one attached hydrogen (secondary N) is 1. The van der Waals surface area contributed by atoms with E-state index in [0.717, 1.165) is 51.9 Å². The van der Waals surface area contributed by atoms with Crippen molar-refractivity contribution in [1.29, 1.82) is 0 Å². The Bertz CT molecular complexity index is 1280. The van der Waals surface area contributed by atoms with Crippen LogP contribution in [0.15, 0.2) is 24.5 Å². The molecule has 0 radical (unpaired) electrons. The molecule has 9 heteroatoms. The highest BCUT2D eigenvalue weighted by atomic mass is 35.5. The molecule has 2 bridgehead atoms. The van der Waals surface area contributed by atoms with Gasteiger partial charge in [0, 0.05) is 42.5 Å². The van der Waals surface area contributed by atoms with Gasteiger partial charge in [-0.05, 0) is 31.7 Å². The lowest BCUT2D eigenvalue weighted by Crippen LogP contribution is -2.47. The average molecular weight is 442 g/mol. The van der Waals surface area contributed by atoms with Gasteiger partial charge in [0.05, 0.1) is 22.1 Å². The molecule has 1 unspecified atom stereocenters. The summed E-state index contributed by atoms with van der Waals surface area (Å²) in [6.07, 6.45) is 8.18. The van der Waals surface area contributed by atoms with Gasteiger partial charge in [-0.1, -0.05) is 29.3 Å². The van der Waals surface area contributed by atoms with Crippen LogP contribution in [0.3, 0.4) is 0 Å². The van der Waals surface area contributed by atoms with Crippen molar-refractivity contribution >= 4 is 51.1 Å². The number of hydrogen-bond donors (Lipinski definition) is 2. The van der Waals surface area contributed by atoms with E-state index in [9.17, 15) is 0 Å². The van der Waals surface area contributed by atoms with Crippen LogP contribution in [0.25, 0.3) is 33.2 Å². The van der Waals surface area contributed by atoms with Crippen molar-refractivity contribution in [3.05, 3.63) is 34.7 Å². The smallest absolute Gasteiger partial charge is 0.159 e. The zero-order valence-corrected chi connectivity index (χ0v) is 18.0. The molecule has 3 N–H and O–H groups in total. The molecule has 2 aliphatic heterocycles. The van der Waals surface area contributed by atoms with Crippen molar-refractivity contribution < 1.29 is 0 Å². The van der Waals surface area contributed by atoms with Crippen molar-refractivity contribution in [2.75, 3.05) is 4.90 Å². The predicted molar refractivity (Wildman–Crippen MR) is 120 cm³/mol. The summed E-state index contributed by atoms with van der Waals surface area (Å²) in [4.78, 5) is 15.4. The number of fused-ring (bicyclic) bond motifs is 4. The van der Waals surface area contributed by atoms with Crippen molar-refractivity contribution in [2.24, 2.45) is 12.8 Å². The third-order valence-electron chi connectivity index (χ3n) is 6.56. The molecular weight excluding hydrogens is 421 g/mol. The van der Waals surface area contributed by atoms with Gasteiger partial charge in [0.2, 0.25) is 0 Å². The standard InChI is InChI=1S/C21H21Cl2N7/c1-29-20(23)17-15(28-29)5-4-13(18(17)22)14-8-26-21-19(14)25-9-16(27-21)30-11-2-3-12(30)7-10(24)6-11/h4-5,8-12H,2-3,6-7,24H2,1H3,(H,26,27)/t10?,11-,12+. The summed E-state index contributed by atoms with van der Waals surface area (Å²) >= 11 is 13.2. The van der Waals surface area contributed by atoms with Crippen LogP contribution in [0.2, 0.25) is 10.2 Å². The third kappa shape index (κ3) is 2.58. The second-order valence-corrected chi connectivity index (χ2v) is 9.12. The maximum Gasteiger partial charge on any atom is 0.159 e. The maximum absolute atomic E-state index is 6.75. The first-order valence-corrected chi connectivity index (χ1v) is 11.0. The molecular formula is C21H21Cl2N7. The molecule has 0 amide bonds.